The zero-order valence-electron chi connectivity index (χ0n) is 12.4. The summed E-state index contributed by atoms with van der Waals surface area (Å²) in [6.07, 6.45) is 1.63. The maximum atomic E-state index is 10.0. The van der Waals surface area contributed by atoms with E-state index in [1.165, 1.54) is 0 Å². The fraction of sp³-hybridized carbons (Fsp3) is 0.625. The number of β-amino-alcohol motifs (C(OH)–C–C–N with tert-alkyl or cyclic N) is 1. The molecule has 4 heteroatoms. The molecule has 0 saturated carbocycles. The number of aliphatic hydroxyl groups is 1. The summed E-state index contributed by atoms with van der Waals surface area (Å²) in [5, 5.41) is 13.4. The van der Waals surface area contributed by atoms with Crippen molar-refractivity contribution >= 4 is 0 Å². The second-order valence-corrected chi connectivity index (χ2v) is 5.83. The number of ether oxygens (including phenoxy) is 2. The van der Waals surface area contributed by atoms with Crippen molar-refractivity contribution in [3.63, 3.8) is 0 Å². The first-order valence-electron chi connectivity index (χ1n) is 7.28. The SMILES string of the molecule is Cc1ccccc1OCC(O)CNC1(C)CCCOC1. The van der Waals surface area contributed by atoms with Gasteiger partial charge in [-0.1, -0.05) is 18.2 Å². The van der Waals surface area contributed by atoms with Crippen LogP contribution in [0.4, 0.5) is 0 Å². The Balaban J connectivity index is 1.73. The molecule has 0 bridgehead atoms. The van der Waals surface area contributed by atoms with Crippen molar-refractivity contribution in [3.8, 4) is 5.75 Å². The van der Waals surface area contributed by atoms with E-state index in [9.17, 15) is 5.11 Å². The molecule has 112 valence electrons. The first kappa shape index (κ1) is 15.3. The highest BCUT2D eigenvalue weighted by molar-refractivity contribution is 5.31. The van der Waals surface area contributed by atoms with Crippen LogP contribution in [0.2, 0.25) is 0 Å². The molecule has 1 aromatic rings. The number of para-hydroxylation sites is 1. The van der Waals surface area contributed by atoms with Gasteiger partial charge in [0.15, 0.2) is 0 Å². The highest BCUT2D eigenvalue weighted by atomic mass is 16.5. The van der Waals surface area contributed by atoms with Crippen LogP contribution in [-0.2, 0) is 4.74 Å². The van der Waals surface area contributed by atoms with Crippen LogP contribution in [0, 0.1) is 6.92 Å². The first-order chi connectivity index (χ1) is 9.59. The Morgan fingerprint density at radius 3 is 2.95 bits per heavy atom. The largest absolute Gasteiger partial charge is 0.491 e. The molecule has 2 N–H and O–H groups in total. The summed E-state index contributed by atoms with van der Waals surface area (Å²) in [6.45, 7) is 6.51. The maximum absolute atomic E-state index is 10.0. The van der Waals surface area contributed by atoms with Gasteiger partial charge in [0.2, 0.25) is 0 Å². The summed E-state index contributed by atoms with van der Waals surface area (Å²) >= 11 is 0. The Hall–Kier alpha value is -1.10. The number of rotatable bonds is 6. The smallest absolute Gasteiger partial charge is 0.122 e. The van der Waals surface area contributed by atoms with E-state index in [1.807, 2.05) is 31.2 Å². The highest BCUT2D eigenvalue weighted by Gasteiger charge is 2.27. The lowest BCUT2D eigenvalue weighted by molar-refractivity contribution is 0.0184. The fourth-order valence-electron chi connectivity index (χ4n) is 2.40. The van der Waals surface area contributed by atoms with Gasteiger partial charge >= 0.3 is 0 Å². The summed E-state index contributed by atoms with van der Waals surface area (Å²) in [4.78, 5) is 0. The van der Waals surface area contributed by atoms with E-state index in [-0.39, 0.29) is 5.54 Å². The van der Waals surface area contributed by atoms with Crippen LogP contribution in [0.1, 0.15) is 25.3 Å². The van der Waals surface area contributed by atoms with Gasteiger partial charge < -0.3 is 19.9 Å². The van der Waals surface area contributed by atoms with E-state index >= 15 is 0 Å². The zero-order valence-corrected chi connectivity index (χ0v) is 12.4. The number of hydrogen-bond acceptors (Lipinski definition) is 4. The summed E-state index contributed by atoms with van der Waals surface area (Å²) in [7, 11) is 0. The normalized spacial score (nSPS) is 24.4. The minimum Gasteiger partial charge on any atom is -0.491 e. The van der Waals surface area contributed by atoms with Crippen LogP contribution in [0.15, 0.2) is 24.3 Å². The predicted molar refractivity (Wildman–Crippen MR) is 79.1 cm³/mol. The van der Waals surface area contributed by atoms with Gasteiger partial charge in [0.25, 0.3) is 0 Å². The summed E-state index contributed by atoms with van der Waals surface area (Å²) in [5.74, 6) is 0.832. The van der Waals surface area contributed by atoms with Crippen LogP contribution in [-0.4, -0.2) is 43.1 Å². The zero-order chi connectivity index (χ0) is 14.4. The minimum absolute atomic E-state index is 0.0259. The monoisotopic (exact) mass is 279 g/mol. The van der Waals surface area contributed by atoms with Crippen molar-refractivity contribution in [3.05, 3.63) is 29.8 Å². The number of nitrogens with one attached hydrogen (secondary N) is 1. The second kappa shape index (κ2) is 7.07. The number of benzene rings is 1. The molecule has 20 heavy (non-hydrogen) atoms. The van der Waals surface area contributed by atoms with E-state index in [2.05, 4.69) is 12.2 Å². The van der Waals surface area contributed by atoms with E-state index in [1.54, 1.807) is 0 Å². The lowest BCUT2D eigenvalue weighted by Gasteiger charge is -2.35. The van der Waals surface area contributed by atoms with Gasteiger partial charge in [0.1, 0.15) is 18.5 Å². The lowest BCUT2D eigenvalue weighted by atomic mass is 9.95. The molecule has 1 fully saturated rings. The van der Waals surface area contributed by atoms with Gasteiger partial charge in [-0.2, -0.15) is 0 Å². The van der Waals surface area contributed by atoms with Crippen molar-refractivity contribution in [2.45, 2.75) is 38.3 Å². The Morgan fingerprint density at radius 1 is 1.45 bits per heavy atom. The first-order valence-corrected chi connectivity index (χ1v) is 7.28. The molecule has 1 aromatic carbocycles. The van der Waals surface area contributed by atoms with Crippen LogP contribution in [0.25, 0.3) is 0 Å². The number of hydrogen-bond donors (Lipinski definition) is 2. The summed E-state index contributed by atoms with van der Waals surface area (Å²) < 4.78 is 11.1. The average molecular weight is 279 g/mol. The van der Waals surface area contributed by atoms with E-state index in [0.29, 0.717) is 19.8 Å². The van der Waals surface area contributed by atoms with Crippen LogP contribution < -0.4 is 10.1 Å². The van der Waals surface area contributed by atoms with Crippen LogP contribution >= 0.6 is 0 Å². The van der Waals surface area contributed by atoms with E-state index < -0.39 is 6.10 Å². The van der Waals surface area contributed by atoms with Crippen molar-refractivity contribution < 1.29 is 14.6 Å². The maximum Gasteiger partial charge on any atom is 0.122 e. The predicted octanol–water partition coefficient (Wildman–Crippen LogP) is 1.89. The summed E-state index contributed by atoms with van der Waals surface area (Å²) in [6, 6.07) is 7.84. The molecule has 0 aromatic heterocycles. The third-order valence-electron chi connectivity index (χ3n) is 3.73. The standard InChI is InChI=1S/C16H25NO3/c1-13-6-3-4-7-15(13)20-11-14(18)10-17-16(2)8-5-9-19-12-16/h3-4,6-7,14,17-18H,5,8-12H2,1-2H3. The molecule has 1 aliphatic rings. The van der Waals surface area contributed by atoms with Gasteiger partial charge in [0.05, 0.1) is 6.61 Å². The van der Waals surface area contributed by atoms with Gasteiger partial charge in [-0.15, -0.1) is 0 Å². The molecule has 0 spiro atoms. The molecule has 1 aliphatic heterocycles. The van der Waals surface area contributed by atoms with Gasteiger partial charge in [-0.05, 0) is 38.3 Å². The Labute approximate surface area is 121 Å². The van der Waals surface area contributed by atoms with Crippen molar-refractivity contribution in [2.24, 2.45) is 0 Å². The topological polar surface area (TPSA) is 50.7 Å². The number of aryl methyl sites for hydroxylation is 1. The molecule has 0 aliphatic carbocycles. The molecule has 1 heterocycles. The average Bonchev–Trinajstić information content (AvgIpc) is 2.45. The fourth-order valence-corrected chi connectivity index (χ4v) is 2.40. The minimum atomic E-state index is -0.520. The van der Waals surface area contributed by atoms with Crippen LogP contribution in [0.5, 0.6) is 5.75 Å². The third kappa shape index (κ3) is 4.47. The molecule has 2 unspecified atom stereocenters. The van der Waals surface area contributed by atoms with Crippen molar-refractivity contribution in [2.75, 3.05) is 26.4 Å². The van der Waals surface area contributed by atoms with Crippen molar-refractivity contribution in [1.82, 2.24) is 5.32 Å². The Bertz CT molecular complexity index is 416. The quantitative estimate of drug-likeness (QED) is 0.835. The molecular formula is C16H25NO3. The molecule has 4 nitrogen and oxygen atoms in total. The van der Waals surface area contributed by atoms with Crippen LogP contribution in [0.3, 0.4) is 0 Å². The molecule has 0 radical (unpaired) electrons. The molecule has 1 saturated heterocycles. The number of aliphatic hydroxyl groups excluding tert-OH is 1. The second-order valence-electron chi connectivity index (χ2n) is 5.83. The molecular weight excluding hydrogens is 254 g/mol. The van der Waals surface area contributed by atoms with Gasteiger partial charge in [-0.3, -0.25) is 0 Å². The molecule has 0 amide bonds. The Kier molecular flexibility index (Phi) is 5.40. The van der Waals surface area contributed by atoms with Gasteiger partial charge in [0, 0.05) is 18.7 Å². The van der Waals surface area contributed by atoms with Crippen molar-refractivity contribution in [1.29, 1.82) is 0 Å². The summed E-state index contributed by atoms with van der Waals surface area (Å²) in [5.41, 5.74) is 1.06. The lowest BCUT2D eigenvalue weighted by Crippen LogP contribution is -2.51. The Morgan fingerprint density at radius 2 is 2.25 bits per heavy atom. The molecule has 2 atom stereocenters. The third-order valence-corrected chi connectivity index (χ3v) is 3.73. The van der Waals surface area contributed by atoms with Gasteiger partial charge in [-0.25, -0.2) is 0 Å². The molecule has 2 rings (SSSR count). The van der Waals surface area contributed by atoms with E-state index in [0.717, 1.165) is 30.8 Å². The van der Waals surface area contributed by atoms with E-state index in [4.69, 9.17) is 9.47 Å². The highest BCUT2D eigenvalue weighted by Crippen LogP contribution is 2.18.